The molecule has 0 radical (unpaired) electrons. The predicted octanol–water partition coefficient (Wildman–Crippen LogP) is 2.03. The third-order valence-electron chi connectivity index (χ3n) is 3.42. The minimum atomic E-state index is -0.0450. The third-order valence-corrected chi connectivity index (χ3v) is 3.42. The lowest BCUT2D eigenvalue weighted by Gasteiger charge is -2.22. The quantitative estimate of drug-likeness (QED) is 0.651. The molecule has 0 N–H and O–H groups in total. The Morgan fingerprint density at radius 3 is 2.09 bits per heavy atom. The molecule has 0 amide bonds. The van der Waals surface area contributed by atoms with E-state index >= 15 is 0 Å². The fourth-order valence-electron chi connectivity index (χ4n) is 2.39. The van der Waals surface area contributed by atoms with Crippen LogP contribution >= 0.6 is 0 Å². The van der Waals surface area contributed by atoms with Crippen molar-refractivity contribution in [3.63, 3.8) is 0 Å². The van der Waals surface area contributed by atoms with Gasteiger partial charge in [-0.2, -0.15) is 0 Å². The Balaban J connectivity index is 2.86. The first kappa shape index (κ1) is 19.2. The van der Waals surface area contributed by atoms with Crippen LogP contribution in [0.1, 0.15) is 5.56 Å². The minimum absolute atomic E-state index is 0.0450. The fourth-order valence-corrected chi connectivity index (χ4v) is 2.39. The van der Waals surface area contributed by atoms with E-state index in [0.29, 0.717) is 11.5 Å². The summed E-state index contributed by atoms with van der Waals surface area (Å²) < 4.78 is 10.5. The van der Waals surface area contributed by atoms with Gasteiger partial charge < -0.3 is 19.3 Å². The smallest absolute Gasteiger partial charge is 0.161 e. The maximum Gasteiger partial charge on any atom is 0.161 e. The molecule has 5 heteroatoms. The lowest BCUT2D eigenvalue weighted by atomic mass is 10.0. The zero-order valence-corrected chi connectivity index (χ0v) is 15.0. The van der Waals surface area contributed by atoms with Crippen molar-refractivity contribution in [2.45, 2.75) is 0 Å². The number of hydrogen-bond donors (Lipinski definition) is 0. The van der Waals surface area contributed by atoms with Gasteiger partial charge in [-0.15, -0.1) is 0 Å². The minimum Gasteiger partial charge on any atom is -0.493 e. The maximum absolute atomic E-state index is 12.5. The van der Waals surface area contributed by atoms with Crippen molar-refractivity contribution >= 4 is 11.9 Å². The molecule has 0 spiro atoms. The van der Waals surface area contributed by atoms with Crippen LogP contribution in [0, 0.1) is 5.92 Å². The number of allylic oxidation sites excluding steroid dienone is 1. The van der Waals surface area contributed by atoms with Gasteiger partial charge in [0.25, 0.3) is 0 Å². The molecular weight excluding hydrogens is 292 g/mol. The van der Waals surface area contributed by atoms with E-state index in [1.807, 2.05) is 62.3 Å². The summed E-state index contributed by atoms with van der Waals surface area (Å²) in [7, 11) is 11.1. The van der Waals surface area contributed by atoms with Crippen LogP contribution in [0.4, 0.5) is 0 Å². The molecule has 0 saturated heterocycles. The number of carbonyl (C=O) groups is 1. The second kappa shape index (κ2) is 9.33. The van der Waals surface area contributed by atoms with Crippen LogP contribution in [-0.4, -0.2) is 71.1 Å². The Labute approximate surface area is 139 Å². The first-order valence-corrected chi connectivity index (χ1v) is 7.60. The Morgan fingerprint density at radius 2 is 1.61 bits per heavy atom. The lowest BCUT2D eigenvalue weighted by molar-refractivity contribution is -0.119. The summed E-state index contributed by atoms with van der Waals surface area (Å²) >= 11 is 0. The molecule has 0 aliphatic carbocycles. The molecule has 1 aromatic carbocycles. The van der Waals surface area contributed by atoms with Crippen LogP contribution < -0.4 is 9.47 Å². The van der Waals surface area contributed by atoms with Crippen LogP contribution in [0.5, 0.6) is 11.5 Å². The van der Waals surface area contributed by atoms with Gasteiger partial charge in [0.15, 0.2) is 17.3 Å². The van der Waals surface area contributed by atoms with Gasteiger partial charge >= 0.3 is 0 Å². The predicted molar refractivity (Wildman–Crippen MR) is 94.2 cm³/mol. The number of benzene rings is 1. The zero-order valence-electron chi connectivity index (χ0n) is 15.0. The van der Waals surface area contributed by atoms with E-state index in [9.17, 15) is 4.79 Å². The summed E-state index contributed by atoms with van der Waals surface area (Å²) in [6, 6.07) is 5.59. The summed E-state index contributed by atoms with van der Waals surface area (Å²) in [6.45, 7) is 1.46. The van der Waals surface area contributed by atoms with E-state index in [-0.39, 0.29) is 11.7 Å². The molecule has 1 rings (SSSR count). The van der Waals surface area contributed by atoms with E-state index < -0.39 is 0 Å². The van der Waals surface area contributed by atoms with Gasteiger partial charge in [-0.1, -0.05) is 12.1 Å². The van der Waals surface area contributed by atoms with E-state index in [2.05, 4.69) is 0 Å². The van der Waals surface area contributed by atoms with Gasteiger partial charge in [0.2, 0.25) is 0 Å². The van der Waals surface area contributed by atoms with Gasteiger partial charge in [-0.3, -0.25) is 4.79 Å². The molecule has 23 heavy (non-hydrogen) atoms. The van der Waals surface area contributed by atoms with Crippen LogP contribution in [0.15, 0.2) is 24.3 Å². The summed E-state index contributed by atoms with van der Waals surface area (Å²) in [4.78, 5) is 16.5. The van der Waals surface area contributed by atoms with Gasteiger partial charge in [-0.25, -0.2) is 0 Å². The number of carbonyl (C=O) groups excluding carboxylic acids is 1. The first-order chi connectivity index (χ1) is 10.9. The maximum atomic E-state index is 12.5. The van der Waals surface area contributed by atoms with Crippen molar-refractivity contribution < 1.29 is 14.3 Å². The highest BCUT2D eigenvalue weighted by Gasteiger charge is 2.17. The molecule has 0 aliphatic heterocycles. The molecule has 0 unspecified atom stereocenters. The fraction of sp³-hybridized carbons (Fsp3) is 0.500. The lowest BCUT2D eigenvalue weighted by Crippen LogP contribution is -2.34. The molecule has 5 nitrogen and oxygen atoms in total. The van der Waals surface area contributed by atoms with Crippen LogP contribution in [0.25, 0.3) is 6.08 Å². The molecule has 0 heterocycles. The molecule has 0 saturated carbocycles. The molecule has 0 aromatic heterocycles. The number of nitrogens with zero attached hydrogens (tertiary/aromatic N) is 2. The number of rotatable bonds is 9. The van der Waals surface area contributed by atoms with Gasteiger partial charge in [0, 0.05) is 19.0 Å². The molecule has 0 bridgehead atoms. The average molecular weight is 320 g/mol. The molecule has 0 aliphatic rings. The van der Waals surface area contributed by atoms with Crippen molar-refractivity contribution in [3.05, 3.63) is 29.8 Å². The van der Waals surface area contributed by atoms with Crippen molar-refractivity contribution in [2.24, 2.45) is 5.92 Å². The monoisotopic (exact) mass is 320 g/mol. The van der Waals surface area contributed by atoms with Gasteiger partial charge in [0.05, 0.1) is 14.2 Å². The number of methoxy groups -OCH3 is 2. The van der Waals surface area contributed by atoms with E-state index in [1.54, 1.807) is 20.3 Å². The van der Waals surface area contributed by atoms with Crippen molar-refractivity contribution in [1.82, 2.24) is 9.80 Å². The zero-order chi connectivity index (χ0) is 17.4. The first-order valence-electron chi connectivity index (χ1n) is 7.60. The summed E-state index contributed by atoms with van der Waals surface area (Å²) in [5, 5.41) is 0. The third kappa shape index (κ3) is 6.42. The van der Waals surface area contributed by atoms with E-state index in [4.69, 9.17) is 9.47 Å². The van der Waals surface area contributed by atoms with Crippen LogP contribution in [-0.2, 0) is 4.79 Å². The summed E-state index contributed by atoms with van der Waals surface area (Å²) in [5.74, 6) is 1.41. The van der Waals surface area contributed by atoms with E-state index in [0.717, 1.165) is 18.7 Å². The number of hydrogen-bond acceptors (Lipinski definition) is 5. The van der Waals surface area contributed by atoms with Crippen molar-refractivity contribution in [3.8, 4) is 11.5 Å². The molecular formula is C18H28N2O3. The second-order valence-corrected chi connectivity index (χ2v) is 6.07. The number of ether oxygens (including phenoxy) is 2. The normalized spacial score (nSPS) is 11.7. The highest BCUT2D eigenvalue weighted by Crippen LogP contribution is 2.28. The topological polar surface area (TPSA) is 42.0 Å². The van der Waals surface area contributed by atoms with Crippen LogP contribution in [0.3, 0.4) is 0 Å². The SMILES string of the molecule is COc1ccc(/C=C/C(=O)C(CN(C)C)CN(C)C)cc1OC. The highest BCUT2D eigenvalue weighted by atomic mass is 16.5. The Kier molecular flexibility index (Phi) is 7.78. The Morgan fingerprint density at radius 1 is 1.04 bits per heavy atom. The number of ketones is 1. The highest BCUT2D eigenvalue weighted by molar-refractivity contribution is 5.95. The summed E-state index contributed by atoms with van der Waals surface area (Å²) in [6.07, 6.45) is 3.47. The second-order valence-electron chi connectivity index (χ2n) is 6.07. The van der Waals surface area contributed by atoms with Gasteiger partial charge in [0.1, 0.15) is 0 Å². The molecule has 0 fully saturated rings. The van der Waals surface area contributed by atoms with Crippen molar-refractivity contribution in [1.29, 1.82) is 0 Å². The van der Waals surface area contributed by atoms with Gasteiger partial charge in [-0.05, 0) is 52.0 Å². The Bertz CT molecular complexity index is 529. The molecule has 0 atom stereocenters. The summed E-state index contributed by atoms with van der Waals surface area (Å²) in [5.41, 5.74) is 0.907. The van der Waals surface area contributed by atoms with Crippen LogP contribution in [0.2, 0.25) is 0 Å². The molecule has 128 valence electrons. The average Bonchev–Trinajstić information content (AvgIpc) is 2.50. The standard InChI is InChI=1S/C18H28N2O3/c1-19(2)12-15(13-20(3)4)16(21)9-7-14-8-10-17(22-5)18(11-14)23-6/h7-11,15H,12-13H2,1-6H3/b9-7+. The largest absolute Gasteiger partial charge is 0.493 e. The van der Waals surface area contributed by atoms with E-state index in [1.165, 1.54) is 0 Å². The van der Waals surface area contributed by atoms with Crippen molar-refractivity contribution in [2.75, 3.05) is 55.5 Å². The molecule has 1 aromatic rings. The Hall–Kier alpha value is -1.85.